The zero-order valence-corrected chi connectivity index (χ0v) is 20.7. The first-order chi connectivity index (χ1) is 16.4. The minimum atomic E-state index is -3.62. The van der Waals surface area contributed by atoms with E-state index in [2.05, 4.69) is 34.5 Å². The maximum Gasteiger partial charge on any atom is 0.243 e. The summed E-state index contributed by atoms with van der Waals surface area (Å²) in [5, 5.41) is 2.90. The van der Waals surface area contributed by atoms with Crippen molar-refractivity contribution in [3.05, 3.63) is 59.7 Å². The molecule has 0 bridgehead atoms. The van der Waals surface area contributed by atoms with E-state index in [4.69, 9.17) is 4.74 Å². The Kier molecular flexibility index (Phi) is 8.37. The van der Waals surface area contributed by atoms with Gasteiger partial charge in [-0.05, 0) is 74.9 Å². The lowest BCUT2D eigenvalue weighted by Gasteiger charge is -2.31. The van der Waals surface area contributed by atoms with Gasteiger partial charge >= 0.3 is 0 Å². The van der Waals surface area contributed by atoms with Crippen LogP contribution in [0.15, 0.2) is 53.4 Å². The van der Waals surface area contributed by atoms with Crippen LogP contribution in [0.25, 0.3) is 0 Å². The molecule has 34 heavy (non-hydrogen) atoms. The second-order valence-corrected chi connectivity index (χ2v) is 11.2. The maximum atomic E-state index is 13.1. The third-order valence-electron chi connectivity index (χ3n) is 6.82. The summed E-state index contributed by atoms with van der Waals surface area (Å²) < 4.78 is 32.9. The highest BCUT2D eigenvalue weighted by Gasteiger charge is 2.28. The van der Waals surface area contributed by atoms with Crippen molar-refractivity contribution in [2.24, 2.45) is 5.92 Å². The molecule has 0 atom stereocenters. The molecule has 0 unspecified atom stereocenters. The molecule has 4 rings (SSSR count). The van der Waals surface area contributed by atoms with Gasteiger partial charge in [0.15, 0.2) is 0 Å². The van der Waals surface area contributed by atoms with Gasteiger partial charge in [0.1, 0.15) is 0 Å². The predicted octanol–water partition coefficient (Wildman–Crippen LogP) is 3.30. The number of hydrogen-bond donors (Lipinski definition) is 1. The van der Waals surface area contributed by atoms with Crippen molar-refractivity contribution in [2.45, 2.75) is 37.5 Å². The molecule has 2 aromatic carbocycles. The SMILES string of the molecule is Cc1ccc(NC(=O)CN2CCC(CCc3ccccc3)CC2)cc1S(=O)(=O)N1CCOCC1. The quantitative estimate of drug-likeness (QED) is 0.621. The second-order valence-electron chi connectivity index (χ2n) is 9.29. The van der Waals surface area contributed by atoms with Crippen LogP contribution in [0, 0.1) is 12.8 Å². The number of likely N-dealkylation sites (tertiary alicyclic amines) is 1. The molecule has 1 amide bonds. The zero-order chi connectivity index (χ0) is 24.0. The summed E-state index contributed by atoms with van der Waals surface area (Å²) in [6.07, 6.45) is 4.50. The fraction of sp³-hybridized carbons (Fsp3) is 0.500. The Morgan fingerprint density at radius 1 is 1.03 bits per heavy atom. The average Bonchev–Trinajstić information content (AvgIpc) is 2.86. The fourth-order valence-corrected chi connectivity index (χ4v) is 6.39. The molecule has 8 heteroatoms. The highest BCUT2D eigenvalue weighted by molar-refractivity contribution is 7.89. The molecule has 0 radical (unpaired) electrons. The van der Waals surface area contributed by atoms with E-state index in [1.807, 2.05) is 6.07 Å². The van der Waals surface area contributed by atoms with Crippen molar-refractivity contribution in [3.63, 3.8) is 0 Å². The zero-order valence-electron chi connectivity index (χ0n) is 19.9. The van der Waals surface area contributed by atoms with Gasteiger partial charge in [0.25, 0.3) is 0 Å². The Bertz CT molecular complexity index is 1060. The van der Waals surface area contributed by atoms with Crippen LogP contribution in [0.1, 0.15) is 30.4 Å². The molecule has 0 aliphatic carbocycles. The number of sulfonamides is 1. The number of piperidine rings is 1. The van der Waals surface area contributed by atoms with Crippen molar-refractivity contribution in [1.29, 1.82) is 0 Å². The second kappa shape index (κ2) is 11.4. The minimum Gasteiger partial charge on any atom is -0.379 e. The number of nitrogens with one attached hydrogen (secondary N) is 1. The Morgan fingerprint density at radius 2 is 1.74 bits per heavy atom. The normalized spacial score (nSPS) is 18.6. The van der Waals surface area contributed by atoms with Crippen LogP contribution in [-0.4, -0.2) is 69.5 Å². The van der Waals surface area contributed by atoms with E-state index >= 15 is 0 Å². The number of carbonyl (C=O) groups is 1. The average molecular weight is 486 g/mol. The van der Waals surface area contributed by atoms with E-state index in [1.54, 1.807) is 25.1 Å². The van der Waals surface area contributed by atoms with E-state index < -0.39 is 10.0 Å². The van der Waals surface area contributed by atoms with Gasteiger partial charge in [0, 0.05) is 18.8 Å². The first kappa shape index (κ1) is 24.9. The number of amides is 1. The van der Waals surface area contributed by atoms with Gasteiger partial charge in [-0.15, -0.1) is 0 Å². The molecule has 0 spiro atoms. The lowest BCUT2D eigenvalue weighted by atomic mass is 9.90. The standard InChI is InChI=1S/C26H35N3O4S/c1-21-7-10-24(19-25(21)34(31,32)29-15-17-33-18-16-29)27-26(30)20-28-13-11-23(12-14-28)9-8-22-5-3-2-4-6-22/h2-7,10,19,23H,8-9,11-18,20H2,1H3,(H,27,30). The monoisotopic (exact) mass is 485 g/mol. The molecule has 7 nitrogen and oxygen atoms in total. The highest BCUT2D eigenvalue weighted by Crippen LogP contribution is 2.25. The van der Waals surface area contributed by atoms with Gasteiger partial charge in [0.05, 0.1) is 24.7 Å². The summed E-state index contributed by atoms with van der Waals surface area (Å²) in [7, 11) is -3.62. The number of morpholine rings is 1. The van der Waals surface area contributed by atoms with E-state index in [0.717, 1.165) is 32.4 Å². The van der Waals surface area contributed by atoms with Crippen LogP contribution in [0.3, 0.4) is 0 Å². The fourth-order valence-electron chi connectivity index (χ4n) is 4.73. The minimum absolute atomic E-state index is 0.110. The van der Waals surface area contributed by atoms with E-state index in [1.165, 1.54) is 16.3 Å². The van der Waals surface area contributed by atoms with Gasteiger partial charge in [-0.2, -0.15) is 4.31 Å². The van der Waals surface area contributed by atoms with Crippen LogP contribution in [0.5, 0.6) is 0 Å². The largest absolute Gasteiger partial charge is 0.379 e. The van der Waals surface area contributed by atoms with Gasteiger partial charge in [-0.1, -0.05) is 36.4 Å². The van der Waals surface area contributed by atoms with Crippen molar-refractivity contribution >= 4 is 21.6 Å². The molecule has 2 aliphatic rings. The summed E-state index contributed by atoms with van der Waals surface area (Å²) >= 11 is 0. The summed E-state index contributed by atoms with van der Waals surface area (Å²) in [6, 6.07) is 15.7. The first-order valence-corrected chi connectivity index (χ1v) is 13.6. The number of benzene rings is 2. The Balaban J connectivity index is 1.28. The number of anilines is 1. The van der Waals surface area contributed by atoms with Crippen molar-refractivity contribution in [3.8, 4) is 0 Å². The van der Waals surface area contributed by atoms with E-state index in [0.29, 0.717) is 50.0 Å². The van der Waals surface area contributed by atoms with Crippen LogP contribution in [0.2, 0.25) is 0 Å². The summed E-state index contributed by atoms with van der Waals surface area (Å²) in [5.74, 6) is 0.589. The molecule has 2 saturated heterocycles. The molecule has 184 valence electrons. The number of carbonyl (C=O) groups excluding carboxylic acids is 1. The third-order valence-corrected chi connectivity index (χ3v) is 8.86. The third kappa shape index (κ3) is 6.44. The van der Waals surface area contributed by atoms with Gasteiger partial charge in [-0.3, -0.25) is 9.69 Å². The lowest BCUT2D eigenvalue weighted by Crippen LogP contribution is -2.41. The first-order valence-electron chi connectivity index (χ1n) is 12.2. The highest BCUT2D eigenvalue weighted by atomic mass is 32.2. The Morgan fingerprint density at radius 3 is 2.44 bits per heavy atom. The van der Waals surface area contributed by atoms with Crippen molar-refractivity contribution in [2.75, 3.05) is 51.3 Å². The van der Waals surface area contributed by atoms with Crippen molar-refractivity contribution < 1.29 is 17.9 Å². The summed E-state index contributed by atoms with van der Waals surface area (Å²) in [4.78, 5) is 15.1. The van der Waals surface area contributed by atoms with Gasteiger partial charge in [-0.25, -0.2) is 8.42 Å². The molecular formula is C26H35N3O4S. The maximum absolute atomic E-state index is 13.1. The molecule has 2 aromatic rings. The molecule has 2 aliphatic heterocycles. The molecule has 1 N–H and O–H groups in total. The molecular weight excluding hydrogens is 450 g/mol. The van der Waals surface area contributed by atoms with Crippen LogP contribution >= 0.6 is 0 Å². The number of hydrogen-bond acceptors (Lipinski definition) is 5. The van der Waals surface area contributed by atoms with Crippen LogP contribution < -0.4 is 5.32 Å². The smallest absolute Gasteiger partial charge is 0.243 e. The Labute approximate surface area is 203 Å². The van der Waals surface area contributed by atoms with E-state index in [-0.39, 0.29) is 10.8 Å². The number of rotatable bonds is 8. The molecule has 2 heterocycles. The number of nitrogens with zero attached hydrogens (tertiary/aromatic N) is 2. The molecule has 0 aromatic heterocycles. The van der Waals surface area contributed by atoms with Crippen molar-refractivity contribution in [1.82, 2.24) is 9.21 Å². The lowest BCUT2D eigenvalue weighted by molar-refractivity contribution is -0.117. The van der Waals surface area contributed by atoms with Crippen LogP contribution in [0.4, 0.5) is 5.69 Å². The summed E-state index contributed by atoms with van der Waals surface area (Å²) in [6.45, 7) is 5.43. The topological polar surface area (TPSA) is 79.0 Å². The van der Waals surface area contributed by atoms with Gasteiger partial charge < -0.3 is 10.1 Å². The van der Waals surface area contributed by atoms with E-state index in [9.17, 15) is 13.2 Å². The van der Waals surface area contributed by atoms with Gasteiger partial charge in [0.2, 0.25) is 15.9 Å². The van der Waals surface area contributed by atoms with Crippen LogP contribution in [-0.2, 0) is 26.0 Å². The predicted molar refractivity (Wildman–Crippen MR) is 133 cm³/mol. The number of aryl methyl sites for hydroxylation is 2. The Hall–Kier alpha value is -2.26. The molecule has 2 fully saturated rings. The number of ether oxygens (including phenoxy) is 1. The molecule has 0 saturated carbocycles. The summed E-state index contributed by atoms with van der Waals surface area (Å²) in [5.41, 5.74) is 2.57.